The molecular weight excluding hydrogens is 243 g/mol. The van der Waals surface area contributed by atoms with Gasteiger partial charge in [-0.25, -0.2) is 0 Å². The summed E-state index contributed by atoms with van der Waals surface area (Å²) < 4.78 is 0. The second-order valence-corrected chi connectivity index (χ2v) is 11.9. The van der Waals surface area contributed by atoms with Crippen LogP contribution in [-0.4, -0.2) is 15.0 Å². The van der Waals surface area contributed by atoms with E-state index in [0.717, 1.165) is 22.2 Å². The predicted octanol–water partition coefficient (Wildman–Crippen LogP) is 2.77. The minimum atomic E-state index is -3.03. The number of rotatable bonds is 3. The summed E-state index contributed by atoms with van der Waals surface area (Å²) in [6.07, 6.45) is 5.34. The average Bonchev–Trinajstić information content (AvgIpc) is 2.58. The minimum absolute atomic E-state index is 0.630. The van der Waals surface area contributed by atoms with Crippen molar-refractivity contribution in [1.29, 1.82) is 0 Å². The normalized spacial score (nSPS) is 38.5. The molecule has 0 amide bonds. The summed E-state index contributed by atoms with van der Waals surface area (Å²) in [6.45, 7) is 0. The van der Waals surface area contributed by atoms with E-state index in [1.54, 1.807) is 10.8 Å². The van der Waals surface area contributed by atoms with Gasteiger partial charge in [0.2, 0.25) is 0 Å². The Morgan fingerprint density at radius 3 is 2.46 bits per heavy atom. The Labute approximate surface area is 91.2 Å². The summed E-state index contributed by atoms with van der Waals surface area (Å²) in [7, 11) is 2.74. The first-order valence-corrected chi connectivity index (χ1v) is 9.98. The van der Waals surface area contributed by atoms with Gasteiger partial charge in [-0.3, -0.25) is 0 Å². The van der Waals surface area contributed by atoms with Crippen molar-refractivity contribution in [3.8, 4) is 0 Å². The molecule has 2 rings (SSSR count). The second-order valence-electron chi connectivity index (χ2n) is 3.87. The molecular formula is C7H13O2PS3. The van der Waals surface area contributed by atoms with E-state index in [1.165, 1.54) is 25.7 Å². The van der Waals surface area contributed by atoms with E-state index >= 15 is 0 Å². The molecule has 0 aromatic heterocycles. The lowest BCUT2D eigenvalue weighted by Crippen LogP contribution is -2.10. The van der Waals surface area contributed by atoms with Gasteiger partial charge in [-0.05, 0) is 53.3 Å². The first kappa shape index (κ1) is 10.8. The Morgan fingerprint density at radius 1 is 1.23 bits per heavy atom. The van der Waals surface area contributed by atoms with E-state index in [4.69, 9.17) is 9.79 Å². The van der Waals surface area contributed by atoms with Gasteiger partial charge in [0.15, 0.2) is 0 Å². The van der Waals surface area contributed by atoms with Gasteiger partial charge in [0.1, 0.15) is 0 Å². The summed E-state index contributed by atoms with van der Waals surface area (Å²) in [4.78, 5) is 18.1. The van der Waals surface area contributed by atoms with E-state index < -0.39 is 5.69 Å². The summed E-state index contributed by atoms with van der Waals surface area (Å²) in [6, 6.07) is 0. The summed E-state index contributed by atoms with van der Waals surface area (Å²) in [5.74, 6) is 1.74. The molecule has 2 aliphatic carbocycles. The fourth-order valence-corrected chi connectivity index (χ4v) is 7.72. The van der Waals surface area contributed by atoms with Crippen molar-refractivity contribution in [2.75, 3.05) is 0 Å². The first-order valence-electron chi connectivity index (χ1n) is 4.45. The molecule has 0 heterocycles. The molecule has 13 heavy (non-hydrogen) atoms. The largest absolute Gasteiger partial charge is 0.337 e. The molecule has 0 saturated heterocycles. The average molecular weight is 256 g/mol. The van der Waals surface area contributed by atoms with Gasteiger partial charge in [0, 0.05) is 5.25 Å². The smallest absolute Gasteiger partial charge is 0.252 e. The summed E-state index contributed by atoms with van der Waals surface area (Å²) in [5, 5.41) is 0.630. The Morgan fingerprint density at radius 2 is 2.00 bits per heavy atom. The Hall–Kier alpha value is 1.27. The maximum atomic E-state index is 9.07. The molecule has 2 aliphatic rings. The van der Waals surface area contributed by atoms with E-state index in [0.29, 0.717) is 5.25 Å². The highest BCUT2D eigenvalue weighted by atomic mass is 33.4. The summed E-state index contributed by atoms with van der Waals surface area (Å²) >= 11 is 4.57. The molecule has 2 bridgehead atoms. The highest BCUT2D eigenvalue weighted by molar-refractivity contribution is 9.03. The van der Waals surface area contributed by atoms with Gasteiger partial charge in [0.25, 0.3) is 5.69 Å². The third kappa shape index (κ3) is 2.86. The molecule has 2 fully saturated rings. The zero-order valence-corrected chi connectivity index (χ0v) is 10.5. The number of hydrogen-bond donors (Lipinski definition) is 2. The van der Waals surface area contributed by atoms with Crippen molar-refractivity contribution in [3.05, 3.63) is 0 Å². The van der Waals surface area contributed by atoms with Crippen LogP contribution in [0.25, 0.3) is 0 Å². The molecule has 0 aromatic rings. The Balaban J connectivity index is 1.81. The van der Waals surface area contributed by atoms with Crippen molar-refractivity contribution in [2.45, 2.75) is 30.9 Å². The lowest BCUT2D eigenvalue weighted by molar-refractivity contribution is 0.493. The van der Waals surface area contributed by atoms with Crippen LogP contribution in [0.3, 0.4) is 0 Å². The van der Waals surface area contributed by atoms with Gasteiger partial charge in [0.05, 0.1) is 0 Å². The summed E-state index contributed by atoms with van der Waals surface area (Å²) in [5.41, 5.74) is -3.03. The molecule has 76 valence electrons. The Bertz CT molecular complexity index is 242. The van der Waals surface area contributed by atoms with Crippen LogP contribution in [0.5, 0.6) is 0 Å². The molecule has 0 aliphatic heterocycles. The highest BCUT2D eigenvalue weighted by Crippen LogP contribution is 2.62. The van der Waals surface area contributed by atoms with E-state index in [1.807, 2.05) is 0 Å². The molecule has 0 radical (unpaired) electrons. The number of fused-ring (bicyclic) bond motifs is 2. The lowest BCUT2D eigenvalue weighted by Gasteiger charge is -2.20. The van der Waals surface area contributed by atoms with Crippen molar-refractivity contribution < 1.29 is 9.79 Å². The van der Waals surface area contributed by atoms with Gasteiger partial charge in [-0.2, -0.15) is 0 Å². The highest BCUT2D eigenvalue weighted by Gasteiger charge is 2.40. The standard InChI is InChI=1S/C7H13O2PS3/c8-10(9,11)13-12-7-4-5-1-2-6(7)3-5/h5-7H,1-4H2,(H2,8,9,11). The molecule has 6 heteroatoms. The lowest BCUT2D eigenvalue weighted by atomic mass is 10.0. The monoisotopic (exact) mass is 256 g/mol. The van der Waals surface area contributed by atoms with Crippen LogP contribution >= 0.6 is 26.9 Å². The second kappa shape index (κ2) is 4.03. The SMILES string of the molecule is OP(O)(=S)SSC1CC2CCC1C2. The molecule has 2 nitrogen and oxygen atoms in total. The van der Waals surface area contributed by atoms with Crippen molar-refractivity contribution in [2.24, 2.45) is 11.8 Å². The first-order chi connectivity index (χ1) is 6.04. The third-order valence-corrected chi connectivity index (χ3v) is 9.79. The van der Waals surface area contributed by atoms with Crippen LogP contribution < -0.4 is 0 Å². The molecule has 2 N–H and O–H groups in total. The zero-order chi connectivity index (χ0) is 9.47. The van der Waals surface area contributed by atoms with Crippen LogP contribution in [0, 0.1) is 11.8 Å². The topological polar surface area (TPSA) is 40.5 Å². The van der Waals surface area contributed by atoms with Crippen molar-refractivity contribution in [3.63, 3.8) is 0 Å². The van der Waals surface area contributed by atoms with Crippen LogP contribution in [0.2, 0.25) is 0 Å². The molecule has 2 saturated carbocycles. The Kier molecular flexibility index (Phi) is 3.34. The molecule has 3 atom stereocenters. The van der Waals surface area contributed by atoms with Crippen LogP contribution in [0.15, 0.2) is 0 Å². The van der Waals surface area contributed by atoms with Crippen molar-refractivity contribution >= 4 is 38.7 Å². The zero-order valence-electron chi connectivity index (χ0n) is 7.13. The number of hydrogen-bond acceptors (Lipinski definition) is 3. The van der Waals surface area contributed by atoms with Gasteiger partial charge in [-0.15, -0.1) is 0 Å². The van der Waals surface area contributed by atoms with E-state index in [-0.39, 0.29) is 0 Å². The van der Waals surface area contributed by atoms with Gasteiger partial charge in [-0.1, -0.05) is 17.2 Å². The quantitative estimate of drug-likeness (QED) is 0.600. The predicted molar refractivity (Wildman–Crippen MR) is 63.1 cm³/mol. The van der Waals surface area contributed by atoms with E-state index in [2.05, 4.69) is 11.8 Å². The maximum absolute atomic E-state index is 9.07. The maximum Gasteiger partial charge on any atom is 0.252 e. The third-order valence-electron chi connectivity index (χ3n) is 2.94. The fourth-order valence-electron chi connectivity index (χ4n) is 2.42. The molecule has 3 unspecified atom stereocenters. The van der Waals surface area contributed by atoms with Crippen LogP contribution in [0.4, 0.5) is 0 Å². The minimum Gasteiger partial charge on any atom is -0.337 e. The molecule has 0 aromatic carbocycles. The van der Waals surface area contributed by atoms with Gasteiger partial charge >= 0.3 is 0 Å². The molecule has 0 spiro atoms. The van der Waals surface area contributed by atoms with Gasteiger partial charge < -0.3 is 9.79 Å². The van der Waals surface area contributed by atoms with Crippen molar-refractivity contribution in [1.82, 2.24) is 0 Å². The van der Waals surface area contributed by atoms with Crippen LogP contribution in [0.1, 0.15) is 25.7 Å². The van der Waals surface area contributed by atoms with Crippen LogP contribution in [-0.2, 0) is 11.8 Å². The fraction of sp³-hybridized carbons (Fsp3) is 1.00. The van der Waals surface area contributed by atoms with E-state index in [9.17, 15) is 0 Å².